The van der Waals surface area contributed by atoms with Crippen molar-refractivity contribution < 1.29 is 18.9 Å². The van der Waals surface area contributed by atoms with Gasteiger partial charge in [0, 0.05) is 27.7 Å². The Morgan fingerprint density at radius 1 is 1.18 bits per heavy atom. The lowest BCUT2D eigenvalue weighted by molar-refractivity contribution is -0.384. The van der Waals surface area contributed by atoms with E-state index in [4.69, 9.17) is 44.0 Å². The lowest BCUT2D eigenvalue weighted by Crippen LogP contribution is -2.39. The molecule has 3 heterocycles. The number of nitrogens with zero attached hydrogens (tertiary/aromatic N) is 3. The van der Waals surface area contributed by atoms with Crippen molar-refractivity contribution in [2.24, 2.45) is 4.99 Å². The first-order chi connectivity index (χ1) is 19.1. The molecule has 13 heteroatoms. The van der Waals surface area contributed by atoms with Crippen molar-refractivity contribution in [2.45, 2.75) is 19.9 Å². The van der Waals surface area contributed by atoms with E-state index in [1.807, 2.05) is 0 Å². The van der Waals surface area contributed by atoms with E-state index >= 15 is 0 Å². The number of carbonyl (C=O) groups excluding carboxylic acids is 1. The Bertz CT molecular complexity index is 1910. The van der Waals surface area contributed by atoms with Gasteiger partial charge in [0.25, 0.3) is 11.2 Å². The number of carbonyl (C=O) groups is 1. The number of thiazole rings is 1. The summed E-state index contributed by atoms with van der Waals surface area (Å²) in [6, 6.07) is 11.0. The molecule has 1 aliphatic heterocycles. The van der Waals surface area contributed by atoms with Gasteiger partial charge in [0.2, 0.25) is 0 Å². The minimum Gasteiger partial charge on any atom is -0.463 e. The number of allylic oxidation sites excluding steroid dienone is 1. The fourth-order valence-corrected chi connectivity index (χ4v) is 5.99. The van der Waals surface area contributed by atoms with E-state index in [9.17, 15) is 19.7 Å². The van der Waals surface area contributed by atoms with Gasteiger partial charge in [0.1, 0.15) is 17.6 Å². The van der Waals surface area contributed by atoms with E-state index in [0.29, 0.717) is 30.6 Å². The highest BCUT2D eigenvalue weighted by atomic mass is 35.5. The van der Waals surface area contributed by atoms with Crippen LogP contribution in [-0.4, -0.2) is 22.1 Å². The van der Waals surface area contributed by atoms with E-state index in [2.05, 4.69) is 4.99 Å². The van der Waals surface area contributed by atoms with Gasteiger partial charge in [-0.2, -0.15) is 0 Å². The Hall–Kier alpha value is -3.70. The summed E-state index contributed by atoms with van der Waals surface area (Å²) in [4.78, 5) is 42.5. The largest absolute Gasteiger partial charge is 0.463 e. The molecule has 0 amide bonds. The van der Waals surface area contributed by atoms with E-state index in [1.54, 1.807) is 50.3 Å². The summed E-state index contributed by atoms with van der Waals surface area (Å²) in [7, 11) is 0. The topological polar surface area (TPSA) is 117 Å². The number of fused-ring (bicyclic) bond motifs is 1. The fourth-order valence-electron chi connectivity index (χ4n) is 4.28. The Balaban J connectivity index is 1.70. The molecular formula is C27H18Cl3N3O6S. The minimum absolute atomic E-state index is 0.106. The summed E-state index contributed by atoms with van der Waals surface area (Å²) in [6.07, 6.45) is 1.62. The molecular weight excluding hydrogens is 601 g/mol. The third kappa shape index (κ3) is 5.11. The maximum atomic E-state index is 13.8. The average Bonchev–Trinajstić information content (AvgIpc) is 3.50. The Kier molecular flexibility index (Phi) is 7.70. The molecule has 1 aliphatic rings. The number of benzene rings is 2. The van der Waals surface area contributed by atoms with Crippen LogP contribution in [-0.2, 0) is 9.53 Å². The Morgan fingerprint density at radius 2 is 1.95 bits per heavy atom. The highest BCUT2D eigenvalue weighted by molar-refractivity contribution is 7.07. The Morgan fingerprint density at radius 3 is 2.65 bits per heavy atom. The summed E-state index contributed by atoms with van der Waals surface area (Å²) in [6.45, 7) is 3.42. The van der Waals surface area contributed by atoms with Gasteiger partial charge in [0.05, 0.1) is 32.4 Å². The lowest BCUT2D eigenvalue weighted by atomic mass is 10.0. The second-order valence-electron chi connectivity index (χ2n) is 8.59. The van der Waals surface area contributed by atoms with Gasteiger partial charge in [-0.1, -0.05) is 52.2 Å². The molecule has 2 aromatic heterocycles. The van der Waals surface area contributed by atoms with Crippen molar-refractivity contribution in [3.8, 4) is 11.3 Å². The number of hydrogen-bond acceptors (Lipinski definition) is 8. The second kappa shape index (κ2) is 11.1. The fraction of sp³-hybridized carbons (Fsp3) is 0.148. The van der Waals surface area contributed by atoms with Gasteiger partial charge in [-0.3, -0.25) is 19.5 Å². The predicted octanol–water partition coefficient (Wildman–Crippen LogP) is 5.93. The maximum absolute atomic E-state index is 13.8. The summed E-state index contributed by atoms with van der Waals surface area (Å²) in [5.41, 5.74) is 0.734. The van der Waals surface area contributed by atoms with Gasteiger partial charge in [-0.15, -0.1) is 0 Å². The molecule has 4 aromatic rings. The van der Waals surface area contributed by atoms with Crippen LogP contribution < -0.4 is 14.9 Å². The zero-order valence-electron chi connectivity index (χ0n) is 20.8. The first-order valence-corrected chi connectivity index (χ1v) is 13.7. The zero-order chi connectivity index (χ0) is 28.7. The van der Waals surface area contributed by atoms with Crippen LogP contribution in [0.4, 0.5) is 5.69 Å². The smallest absolute Gasteiger partial charge is 0.338 e. The highest BCUT2D eigenvalue weighted by Crippen LogP contribution is 2.37. The molecule has 0 bridgehead atoms. The standard InChI is InChI=1S/C27H18Cl3N3O6S/c1-3-38-26(35)23-13(2)31-27-32(25(34)22(40-27)10-14-4-5-15(28)11-19(14)30)24(23)21-9-8-20(39-21)17-12-16(33(36)37)6-7-18(17)29/h4-12,24H,3H2,1-2H3/b22-10-/t24-/m1/s1. The molecule has 0 fully saturated rings. The third-order valence-electron chi connectivity index (χ3n) is 6.09. The van der Waals surface area contributed by atoms with Crippen molar-refractivity contribution in [1.82, 2.24) is 4.57 Å². The maximum Gasteiger partial charge on any atom is 0.338 e. The SMILES string of the molecule is CCOC(=O)C1=C(C)N=c2s/c(=C\c3ccc(Cl)cc3Cl)c(=O)n2[C@@H]1c1ccc(-c2cc([N+](=O)[O-])ccc2Cl)o1. The van der Waals surface area contributed by atoms with E-state index in [1.165, 1.54) is 22.8 Å². The molecule has 0 spiro atoms. The first kappa shape index (κ1) is 27.9. The monoisotopic (exact) mass is 617 g/mol. The quantitative estimate of drug-likeness (QED) is 0.150. The molecule has 0 unspecified atom stereocenters. The number of furan rings is 1. The molecule has 0 radical (unpaired) electrons. The summed E-state index contributed by atoms with van der Waals surface area (Å²) in [5.74, 6) is -0.223. The molecule has 2 aromatic carbocycles. The van der Waals surface area contributed by atoms with Gasteiger partial charge >= 0.3 is 5.97 Å². The van der Waals surface area contributed by atoms with Crippen molar-refractivity contribution in [2.75, 3.05) is 6.61 Å². The highest BCUT2D eigenvalue weighted by Gasteiger charge is 2.35. The van der Waals surface area contributed by atoms with Crippen LogP contribution in [0.1, 0.15) is 31.2 Å². The van der Waals surface area contributed by atoms with Crippen LogP contribution in [0.3, 0.4) is 0 Å². The van der Waals surface area contributed by atoms with E-state index in [-0.39, 0.29) is 40.0 Å². The first-order valence-electron chi connectivity index (χ1n) is 11.8. The van der Waals surface area contributed by atoms with Crippen LogP contribution in [0, 0.1) is 10.1 Å². The number of nitro groups is 1. The number of non-ortho nitro benzene ring substituents is 1. The molecule has 0 saturated heterocycles. The van der Waals surface area contributed by atoms with Crippen LogP contribution in [0.2, 0.25) is 15.1 Å². The number of aromatic nitrogens is 1. The van der Waals surface area contributed by atoms with Gasteiger partial charge in [-0.05, 0) is 55.8 Å². The molecule has 5 rings (SSSR count). The molecule has 0 N–H and O–H groups in total. The molecule has 0 saturated carbocycles. The second-order valence-corrected chi connectivity index (χ2v) is 10.9. The van der Waals surface area contributed by atoms with Crippen molar-refractivity contribution >= 4 is 63.9 Å². The number of esters is 1. The summed E-state index contributed by atoms with van der Waals surface area (Å²) < 4.78 is 13.1. The van der Waals surface area contributed by atoms with Gasteiger partial charge in [-0.25, -0.2) is 9.79 Å². The van der Waals surface area contributed by atoms with Gasteiger partial charge < -0.3 is 9.15 Å². The summed E-state index contributed by atoms with van der Waals surface area (Å²) in [5, 5.41) is 12.4. The van der Waals surface area contributed by atoms with E-state index < -0.39 is 22.5 Å². The molecule has 204 valence electrons. The van der Waals surface area contributed by atoms with Crippen LogP contribution in [0.5, 0.6) is 0 Å². The van der Waals surface area contributed by atoms with Crippen LogP contribution >= 0.6 is 46.1 Å². The van der Waals surface area contributed by atoms with Crippen molar-refractivity contribution in [3.63, 3.8) is 0 Å². The van der Waals surface area contributed by atoms with Crippen molar-refractivity contribution in [1.29, 1.82) is 0 Å². The summed E-state index contributed by atoms with van der Waals surface area (Å²) >= 11 is 19.8. The van der Waals surface area contributed by atoms with Gasteiger partial charge in [0.15, 0.2) is 4.80 Å². The Labute approximate surface area is 245 Å². The number of hydrogen-bond donors (Lipinski definition) is 0. The van der Waals surface area contributed by atoms with Crippen LogP contribution in [0.25, 0.3) is 17.4 Å². The predicted molar refractivity (Wildman–Crippen MR) is 153 cm³/mol. The zero-order valence-corrected chi connectivity index (χ0v) is 23.9. The lowest BCUT2D eigenvalue weighted by Gasteiger charge is -2.22. The number of ether oxygens (including phenoxy) is 1. The van der Waals surface area contributed by atoms with Crippen molar-refractivity contribution in [3.05, 3.63) is 116 Å². The normalized spacial score (nSPS) is 15.1. The molecule has 9 nitrogen and oxygen atoms in total. The van der Waals surface area contributed by atoms with E-state index in [0.717, 1.165) is 11.3 Å². The number of rotatable bonds is 6. The molecule has 0 aliphatic carbocycles. The minimum atomic E-state index is -1.02. The molecule has 40 heavy (non-hydrogen) atoms. The average molecular weight is 619 g/mol. The number of nitro benzene ring substituents is 1. The molecule has 1 atom stereocenters. The van der Waals surface area contributed by atoms with Crippen LogP contribution in [0.15, 0.2) is 74.0 Å². The number of halogens is 3. The third-order valence-corrected chi connectivity index (χ3v) is 7.96.